The lowest BCUT2D eigenvalue weighted by atomic mass is 10.3. The summed E-state index contributed by atoms with van der Waals surface area (Å²) >= 11 is 11.0. The number of alkyl halides is 1. The number of hydrogen-bond donors (Lipinski definition) is 0. The Balaban J connectivity index is 2.55. The number of nitrogens with zero attached hydrogens (tertiary/aromatic N) is 1. The van der Waals surface area contributed by atoms with Gasteiger partial charge in [-0.2, -0.15) is 0 Å². The second-order valence-corrected chi connectivity index (χ2v) is 6.38. The van der Waals surface area contributed by atoms with Crippen molar-refractivity contribution in [2.75, 3.05) is 12.4 Å². The van der Waals surface area contributed by atoms with E-state index in [1.54, 1.807) is 11.3 Å². The fourth-order valence-electron chi connectivity index (χ4n) is 1.27. The number of hydrogen-bond acceptors (Lipinski definition) is 2. The highest BCUT2D eigenvalue weighted by Gasteiger charge is 2.10. The third kappa shape index (κ3) is 3.89. The molecule has 1 aromatic heterocycles. The van der Waals surface area contributed by atoms with Crippen LogP contribution in [0.4, 0.5) is 0 Å². The third-order valence-corrected chi connectivity index (χ3v) is 3.87. The summed E-state index contributed by atoms with van der Waals surface area (Å²) < 4.78 is 1.20. The van der Waals surface area contributed by atoms with Gasteiger partial charge in [-0.3, -0.25) is 4.90 Å². The molecule has 1 heterocycles. The van der Waals surface area contributed by atoms with Crippen molar-refractivity contribution in [3.63, 3.8) is 0 Å². The third-order valence-electron chi connectivity index (χ3n) is 2.09. The lowest BCUT2D eigenvalue weighted by Gasteiger charge is -2.24. The van der Waals surface area contributed by atoms with Crippen LogP contribution in [0.5, 0.6) is 0 Å². The van der Waals surface area contributed by atoms with Gasteiger partial charge < -0.3 is 0 Å². The summed E-state index contributed by atoms with van der Waals surface area (Å²) in [5, 5.41) is 0. The highest BCUT2D eigenvalue weighted by molar-refractivity contribution is 9.11. The Morgan fingerprint density at radius 3 is 2.64 bits per heavy atom. The van der Waals surface area contributed by atoms with Gasteiger partial charge in [-0.1, -0.05) is 0 Å². The molecule has 0 aliphatic heterocycles. The molecule has 0 amide bonds. The monoisotopic (exact) mass is 295 g/mol. The van der Waals surface area contributed by atoms with E-state index in [4.69, 9.17) is 11.6 Å². The lowest BCUT2D eigenvalue weighted by molar-refractivity contribution is 0.228. The van der Waals surface area contributed by atoms with Crippen molar-refractivity contribution in [1.29, 1.82) is 0 Å². The van der Waals surface area contributed by atoms with Crippen LogP contribution >= 0.6 is 38.9 Å². The van der Waals surface area contributed by atoms with Gasteiger partial charge in [-0.25, -0.2) is 0 Å². The van der Waals surface area contributed by atoms with Gasteiger partial charge in [0, 0.05) is 29.9 Å². The van der Waals surface area contributed by atoms with Crippen LogP contribution < -0.4 is 0 Å². The number of halogens is 2. The maximum Gasteiger partial charge on any atom is 0.0701 e. The average molecular weight is 297 g/mol. The van der Waals surface area contributed by atoms with E-state index in [1.165, 1.54) is 8.66 Å². The predicted molar refractivity (Wildman–Crippen MR) is 68.3 cm³/mol. The molecule has 80 valence electrons. The molecule has 0 unspecified atom stereocenters. The van der Waals surface area contributed by atoms with Gasteiger partial charge in [0.15, 0.2) is 0 Å². The smallest absolute Gasteiger partial charge is 0.0701 e. The molecule has 14 heavy (non-hydrogen) atoms. The van der Waals surface area contributed by atoms with E-state index in [1.807, 2.05) is 0 Å². The Morgan fingerprint density at radius 1 is 1.50 bits per heavy atom. The zero-order valence-corrected chi connectivity index (χ0v) is 11.6. The van der Waals surface area contributed by atoms with E-state index >= 15 is 0 Å². The Kier molecular flexibility index (Phi) is 5.45. The lowest BCUT2D eigenvalue weighted by Crippen LogP contribution is -2.31. The van der Waals surface area contributed by atoms with E-state index in [9.17, 15) is 0 Å². The molecule has 1 aromatic rings. The second kappa shape index (κ2) is 6.11. The summed E-state index contributed by atoms with van der Waals surface area (Å²) in [7, 11) is 0. The molecule has 0 fully saturated rings. The maximum atomic E-state index is 5.76. The van der Waals surface area contributed by atoms with Crippen LogP contribution in [0.1, 0.15) is 18.7 Å². The molecule has 1 rings (SSSR count). The van der Waals surface area contributed by atoms with Crippen LogP contribution in [0, 0.1) is 0 Å². The summed E-state index contributed by atoms with van der Waals surface area (Å²) in [6, 6.07) is 4.81. The molecule has 0 aliphatic rings. The molecule has 0 saturated carbocycles. The van der Waals surface area contributed by atoms with Crippen molar-refractivity contribution in [3.8, 4) is 0 Å². The zero-order chi connectivity index (χ0) is 10.6. The average Bonchev–Trinajstić information content (AvgIpc) is 2.50. The Bertz CT molecular complexity index is 275. The molecule has 0 aromatic carbocycles. The molecule has 0 radical (unpaired) electrons. The van der Waals surface area contributed by atoms with E-state index in [0.717, 1.165) is 13.1 Å². The van der Waals surface area contributed by atoms with Gasteiger partial charge in [0.25, 0.3) is 0 Å². The molecule has 4 heteroatoms. The molecule has 1 nitrogen and oxygen atoms in total. The molecular formula is C10H15BrClNS. The maximum absolute atomic E-state index is 5.76. The van der Waals surface area contributed by atoms with Crippen molar-refractivity contribution < 1.29 is 0 Å². The summed E-state index contributed by atoms with van der Waals surface area (Å²) in [5.74, 6) is 0.699. The van der Waals surface area contributed by atoms with Crippen molar-refractivity contribution >= 4 is 38.9 Å². The first-order chi connectivity index (χ1) is 6.63. The van der Waals surface area contributed by atoms with E-state index in [-0.39, 0.29) is 0 Å². The molecular weight excluding hydrogens is 282 g/mol. The Morgan fingerprint density at radius 2 is 2.21 bits per heavy atom. The first kappa shape index (κ1) is 12.5. The summed E-state index contributed by atoms with van der Waals surface area (Å²) in [4.78, 5) is 3.77. The minimum absolute atomic E-state index is 0.551. The van der Waals surface area contributed by atoms with E-state index < -0.39 is 0 Å². The largest absolute Gasteiger partial charge is 0.295 e. The standard InChI is InChI=1S/C10H15BrClNS/c1-8(2)13(6-5-12)7-9-3-4-10(11)14-9/h3-4,8H,5-7H2,1-2H3. The first-order valence-electron chi connectivity index (χ1n) is 4.67. The SMILES string of the molecule is CC(C)N(CCCl)Cc1ccc(Br)s1. The van der Waals surface area contributed by atoms with Crippen LogP contribution in [0.3, 0.4) is 0 Å². The zero-order valence-electron chi connectivity index (χ0n) is 8.46. The van der Waals surface area contributed by atoms with Gasteiger partial charge in [0.05, 0.1) is 3.79 Å². The molecule has 0 atom stereocenters. The fourth-order valence-corrected chi connectivity index (χ4v) is 2.99. The number of rotatable bonds is 5. The van der Waals surface area contributed by atoms with Crippen LogP contribution in [0.2, 0.25) is 0 Å². The molecule has 0 saturated heterocycles. The topological polar surface area (TPSA) is 3.24 Å². The van der Waals surface area contributed by atoms with Crippen molar-refractivity contribution in [2.24, 2.45) is 0 Å². The van der Waals surface area contributed by atoms with Crippen molar-refractivity contribution in [1.82, 2.24) is 4.90 Å². The highest BCUT2D eigenvalue weighted by Crippen LogP contribution is 2.23. The van der Waals surface area contributed by atoms with Crippen molar-refractivity contribution in [3.05, 3.63) is 20.8 Å². The highest BCUT2D eigenvalue weighted by atomic mass is 79.9. The van der Waals surface area contributed by atoms with E-state index in [2.05, 4.69) is 46.8 Å². The molecule has 0 spiro atoms. The predicted octanol–water partition coefficient (Wildman–Crippen LogP) is 3.96. The normalized spacial score (nSPS) is 11.6. The molecule has 0 bridgehead atoms. The van der Waals surface area contributed by atoms with Crippen molar-refractivity contribution in [2.45, 2.75) is 26.4 Å². The van der Waals surface area contributed by atoms with Crippen LogP contribution in [0.25, 0.3) is 0 Å². The quantitative estimate of drug-likeness (QED) is 0.744. The van der Waals surface area contributed by atoms with Gasteiger partial charge >= 0.3 is 0 Å². The van der Waals surface area contributed by atoms with Crippen LogP contribution in [0.15, 0.2) is 15.9 Å². The molecule has 0 N–H and O–H groups in total. The number of thiophene rings is 1. The minimum atomic E-state index is 0.551. The van der Waals surface area contributed by atoms with Gasteiger partial charge in [0.2, 0.25) is 0 Å². The summed E-state index contributed by atoms with van der Waals surface area (Å²) in [6.45, 7) is 6.36. The van der Waals surface area contributed by atoms with E-state index in [0.29, 0.717) is 11.9 Å². The minimum Gasteiger partial charge on any atom is -0.295 e. The Hall–Kier alpha value is 0.430. The fraction of sp³-hybridized carbons (Fsp3) is 0.600. The Labute approximate surface area is 103 Å². The first-order valence-corrected chi connectivity index (χ1v) is 6.82. The second-order valence-electron chi connectivity index (χ2n) is 3.46. The van der Waals surface area contributed by atoms with Crippen LogP contribution in [-0.2, 0) is 6.54 Å². The molecule has 0 aliphatic carbocycles. The van der Waals surface area contributed by atoms with Gasteiger partial charge in [0.1, 0.15) is 0 Å². The van der Waals surface area contributed by atoms with Crippen LogP contribution in [-0.4, -0.2) is 23.4 Å². The van der Waals surface area contributed by atoms with Gasteiger partial charge in [-0.05, 0) is 41.9 Å². The van der Waals surface area contributed by atoms with Gasteiger partial charge in [-0.15, -0.1) is 22.9 Å². The summed E-state index contributed by atoms with van der Waals surface area (Å²) in [5.41, 5.74) is 0. The summed E-state index contributed by atoms with van der Waals surface area (Å²) in [6.07, 6.45) is 0.